The second-order valence-electron chi connectivity index (χ2n) is 3.76. The molecule has 1 aromatic rings. The van der Waals surface area contributed by atoms with Crippen molar-refractivity contribution in [1.29, 1.82) is 5.41 Å². The van der Waals surface area contributed by atoms with Gasteiger partial charge in [0, 0.05) is 0 Å². The second kappa shape index (κ2) is 8.28. The van der Waals surface area contributed by atoms with Crippen LogP contribution in [0.5, 0.6) is 0 Å². The molecular formula is C16H21N. The second-order valence-corrected chi connectivity index (χ2v) is 3.76. The van der Waals surface area contributed by atoms with Crippen LogP contribution in [0.4, 0.5) is 0 Å². The van der Waals surface area contributed by atoms with Gasteiger partial charge < -0.3 is 5.41 Å². The highest BCUT2D eigenvalue weighted by atomic mass is 14.4. The van der Waals surface area contributed by atoms with Crippen LogP contribution in [-0.4, -0.2) is 5.71 Å². The Morgan fingerprint density at radius 1 is 1.18 bits per heavy atom. The molecule has 1 heteroatoms. The van der Waals surface area contributed by atoms with Crippen LogP contribution in [0.3, 0.4) is 0 Å². The van der Waals surface area contributed by atoms with Crippen LogP contribution < -0.4 is 0 Å². The molecule has 1 rings (SSSR count). The Hall–Kier alpha value is -1.89. The number of hydrogen-bond donors (Lipinski definition) is 1. The lowest BCUT2D eigenvalue weighted by atomic mass is 10.0. The van der Waals surface area contributed by atoms with Gasteiger partial charge in [-0.1, -0.05) is 61.2 Å². The first-order valence-electron chi connectivity index (χ1n) is 5.58. The summed E-state index contributed by atoms with van der Waals surface area (Å²) in [6.07, 6.45) is 3.68. The molecule has 0 saturated carbocycles. The molecule has 0 aromatic heterocycles. The van der Waals surface area contributed by atoms with E-state index in [1.807, 2.05) is 57.2 Å². The topological polar surface area (TPSA) is 23.9 Å². The van der Waals surface area contributed by atoms with E-state index in [2.05, 4.69) is 13.2 Å². The quantitative estimate of drug-likeness (QED) is 0.568. The summed E-state index contributed by atoms with van der Waals surface area (Å²) >= 11 is 0. The molecule has 0 fully saturated rings. The molecule has 0 unspecified atom stereocenters. The van der Waals surface area contributed by atoms with E-state index in [1.165, 1.54) is 0 Å². The number of hydrogen-bond acceptors (Lipinski definition) is 1. The third kappa shape index (κ3) is 6.31. The Bertz CT molecular complexity index is 410. The summed E-state index contributed by atoms with van der Waals surface area (Å²) in [6, 6.07) is 9.77. The van der Waals surface area contributed by atoms with Gasteiger partial charge in [0.2, 0.25) is 0 Å². The third-order valence-corrected chi connectivity index (χ3v) is 2.24. The Labute approximate surface area is 105 Å². The molecule has 0 bridgehead atoms. The summed E-state index contributed by atoms with van der Waals surface area (Å²) in [5, 5.41) is 7.77. The van der Waals surface area contributed by atoms with Crippen LogP contribution in [0.25, 0.3) is 0 Å². The van der Waals surface area contributed by atoms with E-state index in [1.54, 1.807) is 6.08 Å². The molecule has 0 spiro atoms. The van der Waals surface area contributed by atoms with Crippen molar-refractivity contribution in [3.8, 4) is 0 Å². The van der Waals surface area contributed by atoms with Gasteiger partial charge in [0.05, 0.1) is 5.71 Å². The van der Waals surface area contributed by atoms with Gasteiger partial charge in [-0.2, -0.15) is 0 Å². The largest absolute Gasteiger partial charge is 0.300 e. The minimum atomic E-state index is 0.609. The fourth-order valence-electron chi connectivity index (χ4n) is 0.977. The van der Waals surface area contributed by atoms with E-state index in [-0.39, 0.29) is 0 Å². The van der Waals surface area contributed by atoms with Crippen molar-refractivity contribution in [2.45, 2.75) is 20.8 Å². The Morgan fingerprint density at radius 2 is 1.65 bits per heavy atom. The van der Waals surface area contributed by atoms with Crippen molar-refractivity contribution in [2.75, 3.05) is 0 Å². The minimum absolute atomic E-state index is 0.609. The van der Waals surface area contributed by atoms with E-state index in [0.717, 1.165) is 16.7 Å². The first-order chi connectivity index (χ1) is 8.02. The average molecular weight is 227 g/mol. The van der Waals surface area contributed by atoms with Crippen molar-refractivity contribution in [2.24, 2.45) is 0 Å². The molecule has 0 saturated heterocycles. The predicted molar refractivity (Wildman–Crippen MR) is 77.7 cm³/mol. The highest BCUT2D eigenvalue weighted by Crippen LogP contribution is 2.06. The Morgan fingerprint density at radius 3 is 2.00 bits per heavy atom. The van der Waals surface area contributed by atoms with E-state index in [4.69, 9.17) is 5.41 Å². The highest BCUT2D eigenvalue weighted by Gasteiger charge is 1.99. The Kier molecular flexibility index (Phi) is 7.36. The van der Waals surface area contributed by atoms with Gasteiger partial charge in [0.1, 0.15) is 0 Å². The summed E-state index contributed by atoms with van der Waals surface area (Å²) in [6.45, 7) is 12.8. The van der Waals surface area contributed by atoms with Gasteiger partial charge in [0.15, 0.2) is 0 Å². The molecule has 90 valence electrons. The van der Waals surface area contributed by atoms with Gasteiger partial charge in [-0.05, 0) is 31.9 Å². The number of allylic oxidation sites excluding steroid dienone is 4. The zero-order valence-electron chi connectivity index (χ0n) is 11.0. The number of rotatable bonds is 3. The maximum atomic E-state index is 7.77. The molecule has 0 atom stereocenters. The monoisotopic (exact) mass is 227 g/mol. The Balaban J connectivity index is 0.000000437. The van der Waals surface area contributed by atoms with Gasteiger partial charge >= 0.3 is 0 Å². The van der Waals surface area contributed by atoms with Gasteiger partial charge in [-0.25, -0.2) is 0 Å². The molecule has 0 radical (unpaired) electrons. The SMILES string of the molecule is C/C=C(\C)C(=N)c1ccccc1.C=CC(=C)C. The van der Waals surface area contributed by atoms with E-state index < -0.39 is 0 Å². The van der Waals surface area contributed by atoms with Crippen LogP contribution in [0.1, 0.15) is 26.3 Å². The van der Waals surface area contributed by atoms with E-state index in [0.29, 0.717) is 5.71 Å². The normalized spacial score (nSPS) is 9.94. The molecule has 0 aliphatic carbocycles. The van der Waals surface area contributed by atoms with Crippen molar-refractivity contribution >= 4 is 5.71 Å². The van der Waals surface area contributed by atoms with E-state index >= 15 is 0 Å². The lowest BCUT2D eigenvalue weighted by Gasteiger charge is -2.02. The lowest BCUT2D eigenvalue weighted by Crippen LogP contribution is -1.99. The first kappa shape index (κ1) is 15.1. The molecule has 0 aliphatic heterocycles. The summed E-state index contributed by atoms with van der Waals surface area (Å²) in [4.78, 5) is 0. The zero-order chi connectivity index (χ0) is 13.3. The molecule has 17 heavy (non-hydrogen) atoms. The standard InChI is InChI=1S/C11H13N.C5H8/c1-3-9(2)11(12)10-7-5-4-6-8-10;1-4-5(2)3/h3-8,12H,1-2H3;4H,1-2H2,3H3/b9-3+,12-11?;. The fraction of sp³-hybridized carbons (Fsp3) is 0.188. The molecule has 1 nitrogen and oxygen atoms in total. The zero-order valence-corrected chi connectivity index (χ0v) is 11.0. The summed E-state index contributed by atoms with van der Waals surface area (Å²) in [5.74, 6) is 0. The molecule has 1 aromatic carbocycles. The molecule has 0 aliphatic rings. The van der Waals surface area contributed by atoms with Gasteiger partial charge in [-0.3, -0.25) is 0 Å². The third-order valence-electron chi connectivity index (χ3n) is 2.24. The number of nitrogens with one attached hydrogen (secondary N) is 1. The maximum absolute atomic E-state index is 7.77. The van der Waals surface area contributed by atoms with Gasteiger partial charge in [-0.15, -0.1) is 0 Å². The summed E-state index contributed by atoms with van der Waals surface area (Å²) < 4.78 is 0. The van der Waals surface area contributed by atoms with Crippen molar-refractivity contribution in [3.05, 3.63) is 72.4 Å². The van der Waals surface area contributed by atoms with Crippen LogP contribution in [-0.2, 0) is 0 Å². The smallest absolute Gasteiger partial charge is 0.0638 e. The lowest BCUT2D eigenvalue weighted by molar-refractivity contribution is 1.41. The van der Waals surface area contributed by atoms with Crippen molar-refractivity contribution in [3.63, 3.8) is 0 Å². The summed E-state index contributed by atoms with van der Waals surface area (Å²) in [5.41, 5.74) is 3.62. The first-order valence-corrected chi connectivity index (χ1v) is 5.58. The maximum Gasteiger partial charge on any atom is 0.0638 e. The van der Waals surface area contributed by atoms with Crippen LogP contribution in [0, 0.1) is 5.41 Å². The molecule has 0 amide bonds. The average Bonchev–Trinajstić information content (AvgIpc) is 2.38. The van der Waals surface area contributed by atoms with Crippen LogP contribution in [0.15, 0.2) is 66.8 Å². The fourth-order valence-corrected chi connectivity index (χ4v) is 0.977. The van der Waals surface area contributed by atoms with Crippen LogP contribution in [0.2, 0.25) is 0 Å². The van der Waals surface area contributed by atoms with Crippen molar-refractivity contribution in [1.82, 2.24) is 0 Å². The number of benzene rings is 1. The highest BCUT2D eigenvalue weighted by molar-refractivity contribution is 6.10. The van der Waals surface area contributed by atoms with Gasteiger partial charge in [0.25, 0.3) is 0 Å². The molecular weight excluding hydrogens is 206 g/mol. The van der Waals surface area contributed by atoms with Crippen molar-refractivity contribution < 1.29 is 0 Å². The molecule has 1 N–H and O–H groups in total. The minimum Gasteiger partial charge on any atom is -0.300 e. The van der Waals surface area contributed by atoms with E-state index in [9.17, 15) is 0 Å². The summed E-state index contributed by atoms with van der Waals surface area (Å²) in [7, 11) is 0. The predicted octanol–water partition coefficient (Wildman–Crippen LogP) is 4.77. The molecule has 0 heterocycles. The van der Waals surface area contributed by atoms with Crippen LogP contribution >= 0.6 is 0 Å².